The maximum Gasteiger partial charge on any atom is 0.281 e. The van der Waals surface area contributed by atoms with Gasteiger partial charge in [-0.05, 0) is 30.7 Å². The second-order valence-electron chi connectivity index (χ2n) is 4.61. The van der Waals surface area contributed by atoms with E-state index in [-0.39, 0.29) is 0 Å². The Morgan fingerprint density at radius 3 is 2.38 bits per heavy atom. The van der Waals surface area contributed by atoms with Gasteiger partial charge in [-0.3, -0.25) is 4.79 Å². The molecule has 0 radical (unpaired) electrons. The average molecular weight is 304 g/mol. The monoisotopic (exact) mass is 304 g/mol. The van der Waals surface area contributed by atoms with Crippen molar-refractivity contribution in [3.8, 4) is 0 Å². The van der Waals surface area contributed by atoms with Crippen LogP contribution in [0.5, 0.6) is 0 Å². The minimum atomic E-state index is -3.83. The molecule has 1 N–H and O–H groups in total. The van der Waals surface area contributed by atoms with E-state index >= 15 is 0 Å². The highest BCUT2D eigenvalue weighted by atomic mass is 32.2. The summed E-state index contributed by atoms with van der Waals surface area (Å²) < 4.78 is 27.4. The molecule has 0 spiro atoms. The molecular formula is C15H16N2O3S. The average Bonchev–Trinajstić information content (AvgIpc) is 2.78. The zero-order chi connectivity index (χ0) is 15.5. The molecule has 0 unspecified atom stereocenters. The number of benzene rings is 1. The molecule has 1 aromatic carbocycles. The highest BCUT2D eigenvalue weighted by Crippen LogP contribution is 2.07. The van der Waals surface area contributed by atoms with Crippen molar-refractivity contribution in [1.82, 2.24) is 9.29 Å². The molecule has 0 bridgehead atoms. The van der Waals surface area contributed by atoms with Crippen LogP contribution in [-0.2, 0) is 17.1 Å². The van der Waals surface area contributed by atoms with E-state index < -0.39 is 15.9 Å². The van der Waals surface area contributed by atoms with Crippen LogP contribution in [0.15, 0.2) is 47.9 Å². The molecule has 6 heteroatoms. The number of aryl methyl sites for hydroxylation is 1. The summed E-state index contributed by atoms with van der Waals surface area (Å²) in [5.41, 5.74) is 1.91. The zero-order valence-corrected chi connectivity index (χ0v) is 12.6. The van der Waals surface area contributed by atoms with Gasteiger partial charge in [-0.2, -0.15) is 0 Å². The number of amides is 1. The van der Waals surface area contributed by atoms with Gasteiger partial charge in [0.25, 0.3) is 15.9 Å². The molecule has 0 aliphatic carbocycles. The number of hydrogen-bond donors (Lipinski definition) is 1. The summed E-state index contributed by atoms with van der Waals surface area (Å²) in [5.74, 6) is -0.650. The maximum atomic E-state index is 12.0. The minimum Gasteiger partial charge on any atom is -0.344 e. The molecule has 21 heavy (non-hydrogen) atoms. The van der Waals surface area contributed by atoms with Crippen LogP contribution < -0.4 is 4.72 Å². The molecule has 1 amide bonds. The van der Waals surface area contributed by atoms with Gasteiger partial charge in [-0.1, -0.05) is 30.3 Å². The summed E-state index contributed by atoms with van der Waals surface area (Å²) >= 11 is 0. The molecule has 2 aromatic rings. The highest BCUT2D eigenvalue weighted by molar-refractivity contribution is 7.93. The summed E-state index contributed by atoms with van der Waals surface area (Å²) in [7, 11) is -2.12. The van der Waals surface area contributed by atoms with Crippen molar-refractivity contribution in [3.05, 3.63) is 64.8 Å². The lowest BCUT2D eigenvalue weighted by atomic mass is 10.2. The van der Waals surface area contributed by atoms with Crippen molar-refractivity contribution in [2.45, 2.75) is 6.92 Å². The number of rotatable bonds is 4. The third kappa shape index (κ3) is 3.82. The number of hydrogen-bond acceptors (Lipinski definition) is 3. The van der Waals surface area contributed by atoms with Gasteiger partial charge in [0, 0.05) is 12.7 Å². The van der Waals surface area contributed by atoms with E-state index in [1.54, 1.807) is 48.0 Å². The quantitative estimate of drug-likeness (QED) is 0.940. The predicted molar refractivity (Wildman–Crippen MR) is 82.0 cm³/mol. The molecule has 110 valence electrons. The fourth-order valence-corrected chi connectivity index (χ4v) is 2.56. The Hall–Kier alpha value is -2.34. The first-order valence-electron chi connectivity index (χ1n) is 6.32. The molecule has 5 nitrogen and oxygen atoms in total. The van der Waals surface area contributed by atoms with Gasteiger partial charge in [-0.25, -0.2) is 13.1 Å². The molecule has 0 aliphatic heterocycles. The number of nitrogens with zero attached hydrogens (tertiary/aromatic N) is 1. The highest BCUT2D eigenvalue weighted by Gasteiger charge is 2.16. The number of nitrogens with one attached hydrogen (secondary N) is 1. The number of sulfonamides is 1. The summed E-state index contributed by atoms with van der Waals surface area (Å²) in [5, 5.41) is 0.982. The largest absolute Gasteiger partial charge is 0.344 e. The summed E-state index contributed by atoms with van der Waals surface area (Å²) in [4.78, 5) is 12.0. The molecule has 0 saturated heterocycles. The first-order valence-corrected chi connectivity index (χ1v) is 7.86. The number of aromatic nitrogens is 1. The predicted octanol–water partition coefficient (Wildman–Crippen LogP) is 2.06. The van der Waals surface area contributed by atoms with Crippen molar-refractivity contribution in [2.75, 3.05) is 0 Å². The Kier molecular flexibility index (Phi) is 4.28. The van der Waals surface area contributed by atoms with Gasteiger partial charge in [-0.15, -0.1) is 0 Å². The zero-order valence-electron chi connectivity index (χ0n) is 11.8. The van der Waals surface area contributed by atoms with E-state index in [0.29, 0.717) is 5.69 Å². The van der Waals surface area contributed by atoms with E-state index in [1.807, 2.05) is 17.7 Å². The van der Waals surface area contributed by atoms with Crippen molar-refractivity contribution >= 4 is 22.0 Å². The van der Waals surface area contributed by atoms with Crippen LogP contribution >= 0.6 is 0 Å². The van der Waals surface area contributed by atoms with Crippen LogP contribution in [0.4, 0.5) is 0 Å². The lowest BCUT2D eigenvalue weighted by Crippen LogP contribution is -2.30. The lowest BCUT2D eigenvalue weighted by Gasteiger charge is -2.05. The van der Waals surface area contributed by atoms with Gasteiger partial charge < -0.3 is 4.57 Å². The molecule has 1 aromatic heterocycles. The Morgan fingerprint density at radius 2 is 1.81 bits per heavy atom. The third-order valence-corrected chi connectivity index (χ3v) is 4.04. The van der Waals surface area contributed by atoms with Crippen molar-refractivity contribution < 1.29 is 13.2 Å². The van der Waals surface area contributed by atoms with E-state index in [2.05, 4.69) is 0 Å². The lowest BCUT2D eigenvalue weighted by molar-refractivity contribution is 0.0974. The van der Waals surface area contributed by atoms with E-state index in [9.17, 15) is 13.2 Å². The molecule has 2 rings (SSSR count). The minimum absolute atomic E-state index is 0.296. The molecule has 0 saturated carbocycles. The van der Waals surface area contributed by atoms with E-state index in [0.717, 1.165) is 16.7 Å². The standard InChI is InChI=1S/C15H16N2O3S/c1-12-8-9-14(17(12)2)15(18)16-21(19,20)11-10-13-6-4-3-5-7-13/h3-11H,1-2H3,(H,16,18)/b11-10+. The Balaban J connectivity index is 2.13. The van der Waals surface area contributed by atoms with Gasteiger partial charge in [0.2, 0.25) is 0 Å². The Bertz CT molecular complexity index is 775. The van der Waals surface area contributed by atoms with Crippen molar-refractivity contribution in [2.24, 2.45) is 7.05 Å². The molecule has 0 fully saturated rings. The number of carbonyl (C=O) groups excluding carboxylic acids is 1. The van der Waals surface area contributed by atoms with Crippen LogP contribution in [0, 0.1) is 6.92 Å². The Labute approximate surface area is 124 Å². The second-order valence-corrected chi connectivity index (χ2v) is 6.17. The Morgan fingerprint density at radius 1 is 1.14 bits per heavy atom. The third-order valence-electron chi connectivity index (χ3n) is 3.08. The van der Waals surface area contributed by atoms with Crippen molar-refractivity contribution in [3.63, 3.8) is 0 Å². The van der Waals surface area contributed by atoms with E-state index in [4.69, 9.17) is 0 Å². The topological polar surface area (TPSA) is 68.2 Å². The molecular weight excluding hydrogens is 288 g/mol. The fraction of sp³-hybridized carbons (Fsp3) is 0.133. The summed E-state index contributed by atoms with van der Waals surface area (Å²) in [6.45, 7) is 1.83. The van der Waals surface area contributed by atoms with E-state index in [1.165, 1.54) is 6.08 Å². The number of carbonyl (C=O) groups is 1. The van der Waals surface area contributed by atoms with Crippen LogP contribution in [0.1, 0.15) is 21.7 Å². The maximum absolute atomic E-state index is 12.0. The summed E-state index contributed by atoms with van der Waals surface area (Å²) in [6, 6.07) is 12.3. The normalized spacial score (nSPS) is 11.7. The van der Waals surface area contributed by atoms with Crippen LogP contribution in [0.25, 0.3) is 6.08 Å². The van der Waals surface area contributed by atoms with Gasteiger partial charge in [0.05, 0.1) is 5.41 Å². The first-order chi connectivity index (χ1) is 9.89. The SMILES string of the molecule is Cc1ccc(C(=O)NS(=O)(=O)/C=C/c2ccccc2)n1C. The van der Waals surface area contributed by atoms with Crippen LogP contribution in [-0.4, -0.2) is 18.9 Å². The summed E-state index contributed by atoms with van der Waals surface area (Å²) in [6.07, 6.45) is 1.44. The fourth-order valence-electron chi connectivity index (χ4n) is 1.79. The van der Waals surface area contributed by atoms with Crippen molar-refractivity contribution in [1.29, 1.82) is 0 Å². The van der Waals surface area contributed by atoms with Crippen LogP contribution in [0.2, 0.25) is 0 Å². The molecule has 1 heterocycles. The van der Waals surface area contributed by atoms with Crippen LogP contribution in [0.3, 0.4) is 0 Å². The van der Waals surface area contributed by atoms with Gasteiger partial charge >= 0.3 is 0 Å². The first kappa shape index (κ1) is 15.1. The van der Waals surface area contributed by atoms with Gasteiger partial charge in [0.15, 0.2) is 0 Å². The second kappa shape index (κ2) is 5.97. The molecule has 0 atom stereocenters. The molecule has 0 aliphatic rings. The smallest absolute Gasteiger partial charge is 0.281 e. The van der Waals surface area contributed by atoms with Gasteiger partial charge in [0.1, 0.15) is 5.69 Å².